The van der Waals surface area contributed by atoms with Gasteiger partial charge in [-0.25, -0.2) is 0 Å². The smallest absolute Gasteiger partial charge is 0.230 e. The minimum absolute atomic E-state index is 0.0912. The molecule has 1 fully saturated rings. The fraction of sp³-hybridized carbons (Fsp3) is 0.500. The number of carbonyl (C=O) groups is 1. The van der Waals surface area contributed by atoms with E-state index in [1.807, 2.05) is 36.0 Å². The van der Waals surface area contributed by atoms with Crippen molar-refractivity contribution in [2.24, 2.45) is 7.05 Å². The quantitative estimate of drug-likeness (QED) is 0.894. The summed E-state index contributed by atoms with van der Waals surface area (Å²) in [5.41, 5.74) is 3.87. The molecule has 1 aromatic heterocycles. The number of ether oxygens (including phenoxy) is 1. The zero-order valence-electron chi connectivity index (χ0n) is 15.1. The molecule has 0 radical (unpaired) electrons. The average Bonchev–Trinajstić information content (AvgIpc) is 3.27. The van der Waals surface area contributed by atoms with Crippen molar-refractivity contribution < 1.29 is 9.53 Å². The van der Waals surface area contributed by atoms with Gasteiger partial charge in [-0.05, 0) is 30.5 Å². The number of fused-ring (bicyclic) bond motifs is 1. The van der Waals surface area contributed by atoms with Crippen LogP contribution in [0.5, 0.6) is 0 Å². The number of aromatic nitrogens is 2. The molecule has 6 heteroatoms. The van der Waals surface area contributed by atoms with Gasteiger partial charge in [-0.2, -0.15) is 5.10 Å². The lowest BCUT2D eigenvalue weighted by Crippen LogP contribution is -2.42. The summed E-state index contributed by atoms with van der Waals surface area (Å²) in [5, 5.41) is 8.45. The van der Waals surface area contributed by atoms with Crippen molar-refractivity contribution in [1.29, 1.82) is 0 Å². The van der Waals surface area contributed by atoms with Crippen LogP contribution in [0.15, 0.2) is 24.3 Å². The Kier molecular flexibility index (Phi) is 4.76. The molecule has 1 aliphatic heterocycles. The Morgan fingerprint density at radius 1 is 1.31 bits per heavy atom. The largest absolute Gasteiger partial charge is 0.376 e. The molecule has 4 rings (SSSR count). The number of hydrogen-bond acceptors (Lipinski definition) is 3. The second kappa shape index (κ2) is 7.05. The summed E-state index contributed by atoms with van der Waals surface area (Å²) in [4.78, 5) is 13.2. The van der Waals surface area contributed by atoms with Crippen LogP contribution in [0.3, 0.4) is 0 Å². The summed E-state index contributed by atoms with van der Waals surface area (Å²) in [6.07, 6.45) is 4.78. The van der Waals surface area contributed by atoms with Crippen LogP contribution in [-0.4, -0.2) is 22.3 Å². The first-order chi connectivity index (χ1) is 12.6. The molecule has 1 aliphatic carbocycles. The van der Waals surface area contributed by atoms with Crippen molar-refractivity contribution in [3.63, 3.8) is 0 Å². The lowest BCUT2D eigenvalue weighted by Gasteiger charge is -2.28. The highest BCUT2D eigenvalue weighted by Gasteiger charge is 2.42. The van der Waals surface area contributed by atoms with E-state index < -0.39 is 5.41 Å². The van der Waals surface area contributed by atoms with Crippen LogP contribution in [0.2, 0.25) is 5.02 Å². The van der Waals surface area contributed by atoms with E-state index in [4.69, 9.17) is 16.3 Å². The highest BCUT2D eigenvalue weighted by Crippen LogP contribution is 2.41. The number of nitrogens with zero attached hydrogens (tertiary/aromatic N) is 2. The normalized spacial score (nSPS) is 18.5. The SMILES string of the molecule is Cn1nc(CNC(=O)C2(c3ccc(Cl)cc3)CCCC2)c2c1CCOC2. The molecule has 0 spiro atoms. The van der Waals surface area contributed by atoms with Crippen LogP contribution in [0.25, 0.3) is 0 Å². The predicted octanol–water partition coefficient (Wildman–Crippen LogP) is 3.27. The van der Waals surface area contributed by atoms with E-state index >= 15 is 0 Å². The van der Waals surface area contributed by atoms with Crippen LogP contribution in [0.1, 0.15) is 48.2 Å². The van der Waals surface area contributed by atoms with Crippen LogP contribution in [-0.2, 0) is 41.6 Å². The lowest BCUT2D eigenvalue weighted by atomic mass is 9.78. The van der Waals surface area contributed by atoms with Crippen molar-refractivity contribution in [3.05, 3.63) is 51.8 Å². The van der Waals surface area contributed by atoms with Crippen molar-refractivity contribution in [2.45, 2.75) is 50.7 Å². The van der Waals surface area contributed by atoms with Crippen LogP contribution < -0.4 is 5.32 Å². The lowest BCUT2D eigenvalue weighted by molar-refractivity contribution is -0.126. The van der Waals surface area contributed by atoms with Crippen LogP contribution >= 0.6 is 11.6 Å². The Labute approximate surface area is 158 Å². The monoisotopic (exact) mass is 373 g/mol. The number of halogens is 1. The second-order valence-electron chi connectivity index (χ2n) is 7.28. The molecular formula is C20H24ClN3O2. The summed E-state index contributed by atoms with van der Waals surface area (Å²) in [7, 11) is 1.96. The fourth-order valence-corrected chi connectivity index (χ4v) is 4.48. The minimum atomic E-state index is -0.448. The Balaban J connectivity index is 1.54. The van der Waals surface area contributed by atoms with E-state index in [1.165, 1.54) is 5.69 Å². The van der Waals surface area contributed by atoms with Crippen molar-refractivity contribution in [2.75, 3.05) is 6.61 Å². The van der Waals surface area contributed by atoms with Crippen molar-refractivity contribution in [1.82, 2.24) is 15.1 Å². The summed E-state index contributed by atoms with van der Waals surface area (Å²) in [6.45, 7) is 1.76. The van der Waals surface area contributed by atoms with Gasteiger partial charge in [0.25, 0.3) is 0 Å². The standard InChI is InChI=1S/C20H24ClN3O2/c1-24-18-8-11-26-13-16(18)17(23-24)12-22-19(25)20(9-2-3-10-20)14-4-6-15(21)7-5-14/h4-7H,2-3,8-13H2,1H3,(H,22,25). The molecule has 0 bridgehead atoms. The molecule has 26 heavy (non-hydrogen) atoms. The number of hydrogen-bond donors (Lipinski definition) is 1. The molecule has 1 N–H and O–H groups in total. The van der Waals surface area contributed by atoms with E-state index in [9.17, 15) is 4.79 Å². The van der Waals surface area contributed by atoms with Gasteiger partial charge in [-0.3, -0.25) is 9.48 Å². The molecule has 1 amide bonds. The van der Waals surface area contributed by atoms with Gasteiger partial charge < -0.3 is 10.1 Å². The average molecular weight is 374 g/mol. The number of aryl methyl sites for hydroxylation is 1. The maximum absolute atomic E-state index is 13.2. The maximum Gasteiger partial charge on any atom is 0.230 e. The van der Waals surface area contributed by atoms with Crippen LogP contribution in [0, 0.1) is 0 Å². The first kappa shape index (κ1) is 17.6. The zero-order valence-corrected chi connectivity index (χ0v) is 15.8. The Morgan fingerprint density at radius 3 is 2.77 bits per heavy atom. The molecule has 0 saturated heterocycles. The van der Waals surface area contributed by atoms with Gasteiger partial charge >= 0.3 is 0 Å². The van der Waals surface area contributed by atoms with E-state index in [1.54, 1.807) is 0 Å². The summed E-state index contributed by atoms with van der Waals surface area (Å²) >= 11 is 6.03. The van der Waals surface area contributed by atoms with E-state index in [-0.39, 0.29) is 5.91 Å². The Bertz CT molecular complexity index is 807. The van der Waals surface area contributed by atoms with Gasteiger partial charge in [-0.15, -0.1) is 0 Å². The first-order valence-electron chi connectivity index (χ1n) is 9.26. The molecular weight excluding hydrogens is 350 g/mol. The van der Waals surface area contributed by atoms with E-state index in [0.717, 1.165) is 55.5 Å². The number of carbonyl (C=O) groups excluding carboxylic acids is 1. The van der Waals surface area contributed by atoms with Gasteiger partial charge in [0, 0.05) is 29.7 Å². The third kappa shape index (κ3) is 3.03. The third-order valence-electron chi connectivity index (χ3n) is 5.79. The van der Waals surface area contributed by atoms with Crippen LogP contribution in [0.4, 0.5) is 0 Å². The molecule has 138 valence electrons. The summed E-state index contributed by atoms with van der Waals surface area (Å²) < 4.78 is 7.50. The van der Waals surface area contributed by atoms with Gasteiger partial charge in [-0.1, -0.05) is 36.6 Å². The highest BCUT2D eigenvalue weighted by atomic mass is 35.5. The number of nitrogens with one attached hydrogen (secondary N) is 1. The van der Waals surface area contributed by atoms with Crippen molar-refractivity contribution in [3.8, 4) is 0 Å². The topological polar surface area (TPSA) is 56.2 Å². The molecule has 2 aliphatic rings. The third-order valence-corrected chi connectivity index (χ3v) is 6.04. The minimum Gasteiger partial charge on any atom is -0.376 e. The van der Waals surface area contributed by atoms with Gasteiger partial charge in [0.2, 0.25) is 5.91 Å². The van der Waals surface area contributed by atoms with E-state index in [2.05, 4.69) is 10.4 Å². The van der Waals surface area contributed by atoms with Gasteiger partial charge in [0.15, 0.2) is 0 Å². The zero-order chi connectivity index (χ0) is 18.1. The van der Waals surface area contributed by atoms with E-state index in [0.29, 0.717) is 18.2 Å². The molecule has 1 saturated carbocycles. The molecule has 5 nitrogen and oxygen atoms in total. The Hall–Kier alpha value is -1.85. The van der Waals surface area contributed by atoms with Gasteiger partial charge in [0.1, 0.15) is 0 Å². The molecule has 0 atom stereocenters. The highest BCUT2D eigenvalue weighted by molar-refractivity contribution is 6.30. The second-order valence-corrected chi connectivity index (χ2v) is 7.71. The summed E-state index contributed by atoms with van der Waals surface area (Å²) in [6, 6.07) is 7.72. The molecule has 2 heterocycles. The molecule has 2 aromatic rings. The molecule has 1 aromatic carbocycles. The van der Waals surface area contributed by atoms with Gasteiger partial charge in [0.05, 0.1) is 30.9 Å². The molecule has 0 unspecified atom stereocenters. The Morgan fingerprint density at radius 2 is 2.04 bits per heavy atom. The fourth-order valence-electron chi connectivity index (χ4n) is 4.36. The first-order valence-corrected chi connectivity index (χ1v) is 9.64. The predicted molar refractivity (Wildman–Crippen MR) is 100 cm³/mol. The number of benzene rings is 1. The summed E-state index contributed by atoms with van der Waals surface area (Å²) in [5.74, 6) is 0.0912. The number of amides is 1. The number of rotatable bonds is 4. The van der Waals surface area contributed by atoms with Crippen molar-refractivity contribution >= 4 is 17.5 Å². The maximum atomic E-state index is 13.2.